The normalized spacial score (nSPS) is 17.4. The number of carbonyl (C=O) groups is 3. The zero-order chi connectivity index (χ0) is 21.7. The molecule has 1 aromatic carbocycles. The van der Waals surface area contributed by atoms with Gasteiger partial charge < -0.3 is 14.2 Å². The number of hydrogen-bond donors (Lipinski definition) is 0. The van der Waals surface area contributed by atoms with Gasteiger partial charge in [-0.15, -0.1) is 11.8 Å². The summed E-state index contributed by atoms with van der Waals surface area (Å²) in [5, 5.41) is 0. The SMILES string of the molecule is COC(=O)Cn1c(=NC(=O)CSCC(=O)N2CCCC(C)C2)sc2cc(C)ccc21. The summed E-state index contributed by atoms with van der Waals surface area (Å²) in [4.78, 5) is 43.2. The number of ether oxygens (including phenoxy) is 1. The zero-order valence-corrected chi connectivity index (χ0v) is 19.2. The summed E-state index contributed by atoms with van der Waals surface area (Å²) in [7, 11) is 1.33. The number of hydrogen-bond acceptors (Lipinski definition) is 6. The van der Waals surface area contributed by atoms with E-state index in [1.54, 1.807) is 4.57 Å². The van der Waals surface area contributed by atoms with Crippen LogP contribution in [0.5, 0.6) is 0 Å². The fourth-order valence-electron chi connectivity index (χ4n) is 3.48. The second-order valence-corrected chi connectivity index (χ2v) is 9.60. The highest BCUT2D eigenvalue weighted by Gasteiger charge is 2.21. The van der Waals surface area contributed by atoms with Crippen LogP contribution in [0.15, 0.2) is 23.2 Å². The molecule has 7 nitrogen and oxygen atoms in total. The first-order chi connectivity index (χ1) is 14.4. The summed E-state index contributed by atoms with van der Waals surface area (Å²) < 4.78 is 7.44. The number of thiazole rings is 1. The van der Waals surface area contributed by atoms with E-state index >= 15 is 0 Å². The number of rotatable bonds is 6. The van der Waals surface area contributed by atoms with Gasteiger partial charge in [0.25, 0.3) is 5.91 Å². The number of aromatic nitrogens is 1. The standard InChI is InChI=1S/C21H27N3O4S2/c1-14-6-7-16-17(9-14)30-21(24(16)11-20(27)28-3)22-18(25)12-29-13-19(26)23-8-4-5-15(2)10-23/h6-7,9,15H,4-5,8,10-13H2,1-3H3. The molecule has 0 saturated carbocycles. The van der Waals surface area contributed by atoms with Crippen LogP contribution in [0.2, 0.25) is 0 Å². The van der Waals surface area contributed by atoms with E-state index in [4.69, 9.17) is 4.74 Å². The number of likely N-dealkylation sites (tertiary alicyclic amines) is 1. The van der Waals surface area contributed by atoms with Crippen molar-refractivity contribution in [2.75, 3.05) is 31.7 Å². The van der Waals surface area contributed by atoms with Crippen molar-refractivity contribution in [3.05, 3.63) is 28.6 Å². The number of methoxy groups -OCH3 is 1. The second kappa shape index (κ2) is 10.3. The van der Waals surface area contributed by atoms with Crippen molar-refractivity contribution in [1.29, 1.82) is 0 Å². The molecule has 0 bridgehead atoms. The van der Waals surface area contributed by atoms with Crippen molar-refractivity contribution in [3.63, 3.8) is 0 Å². The Kier molecular flexibility index (Phi) is 7.71. The van der Waals surface area contributed by atoms with Crippen LogP contribution in [-0.2, 0) is 25.7 Å². The Balaban J connectivity index is 1.69. The number of fused-ring (bicyclic) bond motifs is 1. The van der Waals surface area contributed by atoms with Gasteiger partial charge in [0.1, 0.15) is 6.54 Å². The Morgan fingerprint density at radius 3 is 2.83 bits per heavy atom. The molecule has 1 atom stereocenters. The van der Waals surface area contributed by atoms with Crippen LogP contribution < -0.4 is 4.80 Å². The number of carbonyl (C=O) groups excluding carboxylic acids is 3. The average Bonchev–Trinajstić information content (AvgIpc) is 3.03. The van der Waals surface area contributed by atoms with Gasteiger partial charge in [-0.3, -0.25) is 14.4 Å². The van der Waals surface area contributed by atoms with Crippen molar-refractivity contribution in [3.8, 4) is 0 Å². The molecular formula is C21H27N3O4S2. The van der Waals surface area contributed by atoms with Gasteiger partial charge in [-0.1, -0.05) is 24.3 Å². The van der Waals surface area contributed by atoms with Crippen molar-refractivity contribution in [2.45, 2.75) is 33.2 Å². The van der Waals surface area contributed by atoms with Crippen molar-refractivity contribution < 1.29 is 19.1 Å². The van der Waals surface area contributed by atoms with E-state index in [2.05, 4.69) is 11.9 Å². The first-order valence-corrected chi connectivity index (χ1v) is 11.9. The van der Waals surface area contributed by atoms with Gasteiger partial charge in [0, 0.05) is 13.1 Å². The van der Waals surface area contributed by atoms with Crippen LogP contribution >= 0.6 is 23.1 Å². The minimum absolute atomic E-state index is 0.00948. The number of esters is 1. The van der Waals surface area contributed by atoms with E-state index in [1.165, 1.54) is 30.2 Å². The van der Waals surface area contributed by atoms with Crippen molar-refractivity contribution in [1.82, 2.24) is 9.47 Å². The lowest BCUT2D eigenvalue weighted by Gasteiger charge is -2.30. The first-order valence-electron chi connectivity index (χ1n) is 9.97. The highest BCUT2D eigenvalue weighted by atomic mass is 32.2. The Labute approximate surface area is 184 Å². The van der Waals surface area contributed by atoms with Crippen LogP contribution in [0, 0.1) is 12.8 Å². The van der Waals surface area contributed by atoms with Crippen LogP contribution in [0.25, 0.3) is 10.2 Å². The number of thioether (sulfide) groups is 1. The molecule has 1 saturated heterocycles. The van der Waals surface area contributed by atoms with Crippen molar-refractivity contribution >= 4 is 51.1 Å². The summed E-state index contributed by atoms with van der Waals surface area (Å²) in [6.07, 6.45) is 2.20. The Bertz CT molecular complexity index is 1010. The maximum Gasteiger partial charge on any atom is 0.325 e. The lowest BCUT2D eigenvalue weighted by Crippen LogP contribution is -2.40. The lowest BCUT2D eigenvalue weighted by molar-refractivity contribution is -0.141. The van der Waals surface area contributed by atoms with Gasteiger partial charge in [0.05, 0.1) is 28.8 Å². The van der Waals surface area contributed by atoms with E-state index in [-0.39, 0.29) is 29.9 Å². The van der Waals surface area contributed by atoms with E-state index in [0.29, 0.717) is 10.7 Å². The second-order valence-electron chi connectivity index (χ2n) is 7.60. The van der Waals surface area contributed by atoms with E-state index in [1.807, 2.05) is 30.0 Å². The Hall–Kier alpha value is -2.13. The fraction of sp³-hybridized carbons (Fsp3) is 0.524. The number of nitrogens with zero attached hydrogens (tertiary/aromatic N) is 3. The third-order valence-corrected chi connectivity index (χ3v) is 6.98. The third-order valence-electron chi connectivity index (χ3n) is 5.03. The average molecular weight is 450 g/mol. The van der Waals surface area contributed by atoms with Gasteiger partial charge in [0.15, 0.2) is 4.80 Å². The molecule has 1 fully saturated rings. The molecule has 2 amide bonds. The highest BCUT2D eigenvalue weighted by molar-refractivity contribution is 8.00. The molecule has 2 heterocycles. The van der Waals surface area contributed by atoms with Crippen LogP contribution in [0.3, 0.4) is 0 Å². The molecule has 9 heteroatoms. The minimum atomic E-state index is -0.403. The van der Waals surface area contributed by atoms with Gasteiger partial charge in [0.2, 0.25) is 5.91 Å². The first kappa shape index (κ1) is 22.6. The summed E-state index contributed by atoms with van der Waals surface area (Å²) in [6.45, 7) is 5.74. The highest BCUT2D eigenvalue weighted by Crippen LogP contribution is 2.19. The number of piperidine rings is 1. The molecule has 0 radical (unpaired) electrons. The Morgan fingerprint density at radius 2 is 2.10 bits per heavy atom. The van der Waals surface area contributed by atoms with Crippen LogP contribution in [-0.4, -0.2) is 59.0 Å². The molecular weight excluding hydrogens is 422 g/mol. The predicted molar refractivity (Wildman–Crippen MR) is 119 cm³/mol. The summed E-state index contributed by atoms with van der Waals surface area (Å²) >= 11 is 2.65. The van der Waals surface area contributed by atoms with Gasteiger partial charge in [-0.05, 0) is 43.4 Å². The van der Waals surface area contributed by atoms with Crippen LogP contribution in [0.4, 0.5) is 0 Å². The maximum absolute atomic E-state index is 12.4. The summed E-state index contributed by atoms with van der Waals surface area (Å²) in [5.41, 5.74) is 1.93. The van der Waals surface area contributed by atoms with Gasteiger partial charge in [-0.2, -0.15) is 4.99 Å². The summed E-state index contributed by atoms with van der Waals surface area (Å²) in [5.74, 6) is 0.299. The van der Waals surface area contributed by atoms with E-state index in [9.17, 15) is 14.4 Å². The molecule has 1 unspecified atom stereocenters. The largest absolute Gasteiger partial charge is 0.468 e. The molecule has 1 aromatic heterocycles. The smallest absolute Gasteiger partial charge is 0.325 e. The molecule has 0 spiro atoms. The molecule has 0 N–H and O–H groups in total. The quantitative estimate of drug-likeness (QED) is 0.633. The van der Waals surface area contributed by atoms with Gasteiger partial charge in [-0.25, -0.2) is 0 Å². The fourth-order valence-corrected chi connectivity index (χ4v) is 5.33. The van der Waals surface area contributed by atoms with Crippen LogP contribution in [0.1, 0.15) is 25.3 Å². The molecule has 0 aliphatic carbocycles. The van der Waals surface area contributed by atoms with Crippen molar-refractivity contribution in [2.24, 2.45) is 10.9 Å². The molecule has 3 rings (SSSR count). The predicted octanol–water partition coefficient (Wildman–Crippen LogP) is 2.60. The summed E-state index contributed by atoms with van der Waals surface area (Å²) in [6, 6.07) is 5.88. The Morgan fingerprint density at radius 1 is 1.30 bits per heavy atom. The zero-order valence-electron chi connectivity index (χ0n) is 17.6. The maximum atomic E-state index is 12.4. The van der Waals surface area contributed by atoms with E-state index in [0.717, 1.165) is 41.7 Å². The van der Waals surface area contributed by atoms with E-state index < -0.39 is 5.97 Å². The minimum Gasteiger partial charge on any atom is -0.468 e. The molecule has 2 aromatic rings. The monoisotopic (exact) mass is 449 g/mol. The molecule has 1 aliphatic heterocycles. The van der Waals surface area contributed by atoms with Gasteiger partial charge >= 0.3 is 5.97 Å². The topological polar surface area (TPSA) is 81.0 Å². The number of benzene rings is 1. The lowest BCUT2D eigenvalue weighted by atomic mass is 10.0. The number of aryl methyl sites for hydroxylation is 1. The molecule has 1 aliphatic rings. The molecule has 30 heavy (non-hydrogen) atoms. The third kappa shape index (κ3) is 5.72. The molecule has 162 valence electrons. The number of amides is 2.